The summed E-state index contributed by atoms with van der Waals surface area (Å²) in [5.41, 5.74) is 12.8. The molecule has 0 saturated heterocycles. The molecule has 1 aromatic rings. The lowest BCUT2D eigenvalue weighted by Gasteiger charge is -2.05. The van der Waals surface area contributed by atoms with Gasteiger partial charge in [0.2, 0.25) is 0 Å². The third-order valence-electron chi connectivity index (χ3n) is 1.40. The van der Waals surface area contributed by atoms with Gasteiger partial charge < -0.3 is 11.5 Å². The predicted molar refractivity (Wildman–Crippen MR) is 61.4 cm³/mol. The zero-order chi connectivity index (χ0) is 8.43. The summed E-state index contributed by atoms with van der Waals surface area (Å²) >= 11 is 6.67. The Morgan fingerprint density at radius 1 is 1.25 bits per heavy atom. The Balaban J connectivity index is 0.00000121. The van der Waals surface area contributed by atoms with Crippen molar-refractivity contribution in [3.05, 3.63) is 26.6 Å². The summed E-state index contributed by atoms with van der Waals surface area (Å²) in [5, 5.41) is 0. The van der Waals surface area contributed by atoms with Gasteiger partial charge in [-0.3, -0.25) is 0 Å². The van der Waals surface area contributed by atoms with Crippen LogP contribution in [0.1, 0.15) is 5.56 Å². The van der Waals surface area contributed by atoms with Gasteiger partial charge in [0.15, 0.2) is 0 Å². The minimum Gasteiger partial charge on any atom is -0.398 e. The molecule has 0 fully saturated rings. The molecule has 0 amide bonds. The summed E-state index contributed by atoms with van der Waals surface area (Å²) in [7, 11) is 0. The van der Waals surface area contributed by atoms with Crippen molar-refractivity contribution in [2.24, 2.45) is 5.73 Å². The number of hydrogen-bond acceptors (Lipinski definition) is 2. The largest absolute Gasteiger partial charge is 0.398 e. The van der Waals surface area contributed by atoms with Gasteiger partial charge in [-0.15, -0.1) is 12.4 Å². The van der Waals surface area contributed by atoms with Gasteiger partial charge in [-0.25, -0.2) is 0 Å². The molecule has 1 rings (SSSR count). The Kier molecular flexibility index (Phi) is 5.16. The topological polar surface area (TPSA) is 52.0 Å². The van der Waals surface area contributed by atoms with Crippen LogP contribution in [-0.4, -0.2) is 0 Å². The van der Waals surface area contributed by atoms with Crippen LogP contribution in [0.2, 0.25) is 0 Å². The van der Waals surface area contributed by atoms with E-state index in [1.807, 2.05) is 12.1 Å². The fourth-order valence-electron chi connectivity index (χ4n) is 0.807. The third-order valence-corrected chi connectivity index (χ3v) is 2.51. The van der Waals surface area contributed by atoms with Gasteiger partial charge in [0, 0.05) is 15.5 Å². The Hall–Kier alpha value is 0.230. The fourth-order valence-corrected chi connectivity index (χ4v) is 2.12. The molecule has 4 N–H and O–H groups in total. The van der Waals surface area contributed by atoms with Gasteiger partial charge in [0.05, 0.1) is 5.69 Å². The highest BCUT2D eigenvalue weighted by Crippen LogP contribution is 2.27. The van der Waals surface area contributed by atoms with Crippen LogP contribution < -0.4 is 11.5 Å². The number of rotatable bonds is 1. The van der Waals surface area contributed by atoms with E-state index >= 15 is 0 Å². The average Bonchev–Trinajstić information content (AvgIpc) is 1.96. The number of nitrogens with two attached hydrogens (primary N) is 2. The van der Waals surface area contributed by atoms with Crippen LogP contribution in [0.3, 0.4) is 0 Å². The number of halogens is 3. The molecule has 0 saturated carbocycles. The van der Waals surface area contributed by atoms with E-state index in [2.05, 4.69) is 31.9 Å². The van der Waals surface area contributed by atoms with Crippen LogP contribution in [0.25, 0.3) is 0 Å². The molecule has 12 heavy (non-hydrogen) atoms. The molecule has 0 spiro atoms. The first kappa shape index (κ1) is 12.2. The summed E-state index contributed by atoms with van der Waals surface area (Å²) in [6.45, 7) is 0.462. The van der Waals surface area contributed by atoms with E-state index < -0.39 is 0 Å². The first-order chi connectivity index (χ1) is 5.15. The summed E-state index contributed by atoms with van der Waals surface area (Å²) in [4.78, 5) is 0. The Morgan fingerprint density at radius 3 is 2.33 bits per heavy atom. The van der Waals surface area contributed by atoms with Gasteiger partial charge in [0.1, 0.15) is 0 Å². The van der Waals surface area contributed by atoms with Gasteiger partial charge in [-0.2, -0.15) is 0 Å². The maximum Gasteiger partial charge on any atom is 0.0504 e. The van der Waals surface area contributed by atoms with Crippen molar-refractivity contribution in [2.45, 2.75) is 6.54 Å². The molecular weight excluding hydrogens is 307 g/mol. The number of anilines is 1. The van der Waals surface area contributed by atoms with Gasteiger partial charge >= 0.3 is 0 Å². The minimum atomic E-state index is 0. The van der Waals surface area contributed by atoms with Crippen LogP contribution in [-0.2, 0) is 6.54 Å². The maximum absolute atomic E-state index is 5.71. The molecule has 0 aliphatic rings. The van der Waals surface area contributed by atoms with E-state index in [4.69, 9.17) is 11.5 Å². The van der Waals surface area contributed by atoms with Crippen molar-refractivity contribution in [3.8, 4) is 0 Å². The van der Waals surface area contributed by atoms with Crippen LogP contribution in [0.15, 0.2) is 21.1 Å². The molecule has 0 radical (unpaired) electrons. The second-order valence-electron chi connectivity index (χ2n) is 2.16. The smallest absolute Gasteiger partial charge is 0.0504 e. The van der Waals surface area contributed by atoms with Crippen LogP contribution in [0.5, 0.6) is 0 Å². The molecule has 5 heteroatoms. The second kappa shape index (κ2) is 5.07. The number of nitrogen functional groups attached to an aromatic ring is 1. The first-order valence-electron chi connectivity index (χ1n) is 3.08. The predicted octanol–water partition coefficient (Wildman–Crippen LogP) is 2.67. The Bertz CT molecular complexity index is 278. The molecule has 1 aromatic carbocycles. The zero-order valence-corrected chi connectivity index (χ0v) is 10.2. The molecule has 0 aliphatic heterocycles. The highest BCUT2D eigenvalue weighted by molar-refractivity contribution is 9.11. The van der Waals surface area contributed by atoms with E-state index in [0.717, 1.165) is 20.2 Å². The van der Waals surface area contributed by atoms with Crippen molar-refractivity contribution in [3.63, 3.8) is 0 Å². The Morgan fingerprint density at radius 2 is 1.83 bits per heavy atom. The molecule has 0 aromatic heterocycles. The molecular formula is C7H9Br2ClN2. The summed E-state index contributed by atoms with van der Waals surface area (Å²) < 4.78 is 1.87. The average molecular weight is 316 g/mol. The van der Waals surface area contributed by atoms with E-state index in [1.165, 1.54) is 0 Å². The van der Waals surface area contributed by atoms with Gasteiger partial charge in [0.25, 0.3) is 0 Å². The lowest BCUT2D eigenvalue weighted by atomic mass is 10.2. The van der Waals surface area contributed by atoms with Gasteiger partial charge in [-0.1, -0.05) is 15.9 Å². The van der Waals surface area contributed by atoms with Crippen molar-refractivity contribution >= 4 is 50.0 Å². The highest BCUT2D eigenvalue weighted by atomic mass is 79.9. The monoisotopic (exact) mass is 314 g/mol. The van der Waals surface area contributed by atoms with Crippen LogP contribution in [0, 0.1) is 0 Å². The molecule has 0 bridgehead atoms. The zero-order valence-electron chi connectivity index (χ0n) is 6.18. The summed E-state index contributed by atoms with van der Waals surface area (Å²) in [6, 6.07) is 3.81. The molecule has 0 aliphatic carbocycles. The molecule has 2 nitrogen and oxygen atoms in total. The van der Waals surface area contributed by atoms with E-state index in [0.29, 0.717) is 6.54 Å². The van der Waals surface area contributed by atoms with Gasteiger partial charge in [-0.05, 0) is 33.6 Å². The minimum absolute atomic E-state index is 0. The van der Waals surface area contributed by atoms with Crippen molar-refractivity contribution in [2.75, 3.05) is 5.73 Å². The van der Waals surface area contributed by atoms with E-state index in [9.17, 15) is 0 Å². The van der Waals surface area contributed by atoms with E-state index in [1.54, 1.807) is 0 Å². The number of benzene rings is 1. The second-order valence-corrected chi connectivity index (χ2v) is 3.93. The maximum atomic E-state index is 5.71. The van der Waals surface area contributed by atoms with E-state index in [-0.39, 0.29) is 12.4 Å². The summed E-state index contributed by atoms with van der Waals surface area (Å²) in [5.74, 6) is 0. The normalized spacial score (nSPS) is 9.25. The molecule has 0 heterocycles. The molecule has 68 valence electrons. The highest BCUT2D eigenvalue weighted by Gasteiger charge is 2.02. The lowest BCUT2D eigenvalue weighted by molar-refractivity contribution is 1.07. The first-order valence-corrected chi connectivity index (χ1v) is 4.67. The third kappa shape index (κ3) is 2.62. The SMILES string of the molecule is Cl.NCc1cc(Br)cc(Br)c1N. The van der Waals surface area contributed by atoms with Crippen molar-refractivity contribution in [1.82, 2.24) is 0 Å². The van der Waals surface area contributed by atoms with Crippen LogP contribution >= 0.6 is 44.3 Å². The fraction of sp³-hybridized carbons (Fsp3) is 0.143. The van der Waals surface area contributed by atoms with Crippen LogP contribution in [0.4, 0.5) is 5.69 Å². The Labute approximate surface area is 94.4 Å². The molecule has 0 unspecified atom stereocenters. The summed E-state index contributed by atoms with van der Waals surface area (Å²) in [6.07, 6.45) is 0. The van der Waals surface area contributed by atoms with Crippen molar-refractivity contribution in [1.29, 1.82) is 0 Å². The van der Waals surface area contributed by atoms with Crippen molar-refractivity contribution < 1.29 is 0 Å². The quantitative estimate of drug-likeness (QED) is 0.783. The standard InChI is InChI=1S/C7H8Br2N2.ClH/c8-5-1-4(3-10)7(11)6(9)2-5;/h1-2H,3,10-11H2;1H. The lowest BCUT2D eigenvalue weighted by Crippen LogP contribution is -2.01. The molecule has 0 atom stereocenters. The number of hydrogen-bond donors (Lipinski definition) is 2.